The van der Waals surface area contributed by atoms with E-state index in [2.05, 4.69) is 22.0 Å². The highest BCUT2D eigenvalue weighted by molar-refractivity contribution is 9.10. The van der Waals surface area contributed by atoms with Gasteiger partial charge in [-0.3, -0.25) is 0 Å². The summed E-state index contributed by atoms with van der Waals surface area (Å²) in [5.41, 5.74) is 0.569. The molecule has 1 heterocycles. The van der Waals surface area contributed by atoms with Gasteiger partial charge in [-0.05, 0) is 46.8 Å². The number of ether oxygens (including phenoxy) is 2. The third kappa shape index (κ3) is 3.21. The topological polar surface area (TPSA) is 42.2 Å². The highest BCUT2D eigenvalue weighted by atomic mass is 79.9. The van der Waals surface area contributed by atoms with Crippen LogP contribution in [0.5, 0.6) is 5.75 Å². The molecule has 1 fully saturated rings. The lowest BCUT2D eigenvalue weighted by atomic mass is 10.0. The Balaban J connectivity index is 1.99. The van der Waals surface area contributed by atoms with Gasteiger partial charge in [0.15, 0.2) is 0 Å². The first-order valence-corrected chi connectivity index (χ1v) is 6.49. The van der Waals surface area contributed by atoms with E-state index < -0.39 is 0 Å². The maximum Gasteiger partial charge on any atom is 0.138 e. The maximum atomic E-state index is 9.06. The van der Waals surface area contributed by atoms with Crippen LogP contribution in [0.25, 0.3) is 0 Å². The lowest BCUT2D eigenvalue weighted by Crippen LogP contribution is -2.21. The highest BCUT2D eigenvalue weighted by Gasteiger charge is 2.15. The van der Waals surface area contributed by atoms with Gasteiger partial charge in [-0.25, -0.2) is 0 Å². The zero-order valence-electron chi connectivity index (χ0n) is 9.49. The molecule has 0 amide bonds. The molecule has 0 unspecified atom stereocenters. The lowest BCUT2D eigenvalue weighted by Gasteiger charge is -2.22. The zero-order chi connectivity index (χ0) is 12.1. The van der Waals surface area contributed by atoms with Gasteiger partial charge in [0.25, 0.3) is 0 Å². The third-order valence-corrected chi connectivity index (χ3v) is 3.56. The summed E-state index contributed by atoms with van der Waals surface area (Å²) in [6.07, 6.45) is 2.08. The third-order valence-electron chi connectivity index (χ3n) is 2.90. The Labute approximate surface area is 109 Å². The average Bonchev–Trinajstić information content (AvgIpc) is 2.37. The number of nitrogens with zero attached hydrogens (tertiary/aromatic N) is 1. The summed E-state index contributed by atoms with van der Waals surface area (Å²) in [6, 6.07) is 7.72. The molecule has 0 bridgehead atoms. The van der Waals surface area contributed by atoms with Crippen LogP contribution in [0.3, 0.4) is 0 Å². The van der Waals surface area contributed by atoms with Crippen molar-refractivity contribution in [2.24, 2.45) is 5.92 Å². The van der Waals surface area contributed by atoms with E-state index in [-0.39, 0.29) is 0 Å². The molecule has 1 aliphatic heterocycles. The Morgan fingerprint density at radius 3 is 2.88 bits per heavy atom. The number of benzene rings is 1. The van der Waals surface area contributed by atoms with Gasteiger partial charge in [0.05, 0.1) is 6.61 Å². The minimum Gasteiger partial charge on any atom is -0.492 e. The molecule has 1 saturated heterocycles. The van der Waals surface area contributed by atoms with Gasteiger partial charge in [-0.1, -0.05) is 6.07 Å². The number of rotatable bonds is 3. The van der Waals surface area contributed by atoms with Crippen LogP contribution >= 0.6 is 15.9 Å². The minimum atomic E-state index is 0.536. The van der Waals surface area contributed by atoms with Gasteiger partial charge in [-0.2, -0.15) is 5.26 Å². The molecule has 0 radical (unpaired) electrons. The van der Waals surface area contributed by atoms with Gasteiger partial charge in [0, 0.05) is 17.7 Å². The van der Waals surface area contributed by atoms with Gasteiger partial charge in [0.2, 0.25) is 0 Å². The molecule has 0 aromatic heterocycles. The molecule has 1 aliphatic rings. The molecule has 0 spiro atoms. The van der Waals surface area contributed by atoms with E-state index in [1.165, 1.54) is 0 Å². The summed E-state index contributed by atoms with van der Waals surface area (Å²) in [5, 5.41) is 9.06. The van der Waals surface area contributed by atoms with Crippen LogP contribution in [-0.4, -0.2) is 19.8 Å². The van der Waals surface area contributed by atoms with E-state index in [0.717, 1.165) is 30.5 Å². The van der Waals surface area contributed by atoms with Crippen LogP contribution in [0.4, 0.5) is 0 Å². The Morgan fingerprint density at radius 1 is 1.41 bits per heavy atom. The standard InChI is InChI=1S/C13H14BrNO2/c14-12-2-1-3-13(11(12)8-15)17-9-10-4-6-16-7-5-10/h1-3,10H,4-7,9H2. The van der Waals surface area contributed by atoms with Crippen molar-refractivity contribution >= 4 is 15.9 Å². The molecule has 0 saturated carbocycles. The normalized spacial score (nSPS) is 16.5. The quantitative estimate of drug-likeness (QED) is 0.860. The zero-order valence-corrected chi connectivity index (χ0v) is 11.1. The minimum absolute atomic E-state index is 0.536. The molecule has 90 valence electrons. The Bertz CT molecular complexity index is 422. The van der Waals surface area contributed by atoms with E-state index in [1.807, 2.05) is 18.2 Å². The predicted octanol–water partition coefficient (Wildman–Crippen LogP) is 3.13. The van der Waals surface area contributed by atoms with Crippen LogP contribution in [0.2, 0.25) is 0 Å². The van der Waals surface area contributed by atoms with Crippen molar-refractivity contribution in [2.75, 3.05) is 19.8 Å². The number of hydrogen-bond donors (Lipinski definition) is 0. The summed E-state index contributed by atoms with van der Waals surface area (Å²) < 4.78 is 11.8. The van der Waals surface area contributed by atoms with Crippen LogP contribution in [0.1, 0.15) is 18.4 Å². The summed E-state index contributed by atoms with van der Waals surface area (Å²) in [7, 11) is 0. The molecule has 4 heteroatoms. The van der Waals surface area contributed by atoms with E-state index in [1.54, 1.807) is 0 Å². The SMILES string of the molecule is N#Cc1c(Br)cccc1OCC1CCOCC1. The number of hydrogen-bond acceptors (Lipinski definition) is 3. The fourth-order valence-corrected chi connectivity index (χ4v) is 2.29. The average molecular weight is 296 g/mol. The Hall–Kier alpha value is -1.05. The van der Waals surface area contributed by atoms with Gasteiger partial charge in [-0.15, -0.1) is 0 Å². The number of halogens is 1. The molecule has 17 heavy (non-hydrogen) atoms. The van der Waals surface area contributed by atoms with Crippen molar-refractivity contribution in [3.8, 4) is 11.8 Å². The van der Waals surface area contributed by atoms with Gasteiger partial charge in [0.1, 0.15) is 17.4 Å². The molecular weight excluding hydrogens is 282 g/mol. The second-order valence-electron chi connectivity index (χ2n) is 4.09. The molecule has 1 aromatic rings. The van der Waals surface area contributed by atoms with Crippen molar-refractivity contribution in [2.45, 2.75) is 12.8 Å². The molecule has 0 aliphatic carbocycles. The van der Waals surface area contributed by atoms with E-state index in [4.69, 9.17) is 14.7 Å². The first kappa shape index (κ1) is 12.4. The fourth-order valence-electron chi connectivity index (χ4n) is 1.85. The van der Waals surface area contributed by atoms with Gasteiger partial charge >= 0.3 is 0 Å². The Morgan fingerprint density at radius 2 is 2.18 bits per heavy atom. The van der Waals surface area contributed by atoms with Gasteiger partial charge < -0.3 is 9.47 Å². The fraction of sp³-hybridized carbons (Fsp3) is 0.462. The molecule has 0 atom stereocenters. The second kappa shape index (κ2) is 6.04. The molecule has 1 aromatic carbocycles. The summed E-state index contributed by atoms with van der Waals surface area (Å²) in [6.45, 7) is 2.30. The smallest absolute Gasteiger partial charge is 0.138 e. The summed E-state index contributed by atoms with van der Waals surface area (Å²) in [5.74, 6) is 1.20. The predicted molar refractivity (Wildman–Crippen MR) is 67.9 cm³/mol. The molecule has 0 N–H and O–H groups in total. The Kier molecular flexibility index (Phi) is 4.41. The molecular formula is C13H14BrNO2. The first-order valence-electron chi connectivity index (χ1n) is 5.70. The van der Waals surface area contributed by atoms with E-state index in [0.29, 0.717) is 23.8 Å². The van der Waals surface area contributed by atoms with Crippen LogP contribution in [0, 0.1) is 17.2 Å². The lowest BCUT2D eigenvalue weighted by molar-refractivity contribution is 0.0497. The first-order chi connectivity index (χ1) is 8.31. The maximum absolute atomic E-state index is 9.06. The van der Waals surface area contributed by atoms with Crippen LogP contribution in [0.15, 0.2) is 22.7 Å². The highest BCUT2D eigenvalue weighted by Crippen LogP contribution is 2.27. The molecule has 3 nitrogen and oxygen atoms in total. The van der Waals surface area contributed by atoms with Crippen molar-refractivity contribution in [3.63, 3.8) is 0 Å². The van der Waals surface area contributed by atoms with E-state index >= 15 is 0 Å². The van der Waals surface area contributed by atoms with Crippen LogP contribution in [-0.2, 0) is 4.74 Å². The van der Waals surface area contributed by atoms with Crippen molar-refractivity contribution in [1.82, 2.24) is 0 Å². The van der Waals surface area contributed by atoms with E-state index in [9.17, 15) is 0 Å². The number of nitriles is 1. The summed E-state index contributed by atoms with van der Waals surface area (Å²) in [4.78, 5) is 0. The van der Waals surface area contributed by atoms with Crippen LogP contribution < -0.4 is 4.74 Å². The summed E-state index contributed by atoms with van der Waals surface area (Å²) >= 11 is 3.35. The molecule has 2 rings (SSSR count). The second-order valence-corrected chi connectivity index (χ2v) is 4.95. The van der Waals surface area contributed by atoms with Crippen molar-refractivity contribution in [1.29, 1.82) is 5.26 Å². The van der Waals surface area contributed by atoms with Crippen molar-refractivity contribution < 1.29 is 9.47 Å². The monoisotopic (exact) mass is 295 g/mol. The van der Waals surface area contributed by atoms with Crippen molar-refractivity contribution in [3.05, 3.63) is 28.2 Å². The largest absolute Gasteiger partial charge is 0.492 e.